The van der Waals surface area contributed by atoms with Crippen LogP contribution in [0.3, 0.4) is 0 Å². The normalized spacial score (nSPS) is 12.2. The van der Waals surface area contributed by atoms with E-state index < -0.39 is 0 Å². The van der Waals surface area contributed by atoms with Gasteiger partial charge < -0.3 is 16.4 Å². The lowest BCUT2D eigenvalue weighted by atomic mass is 10.1. The summed E-state index contributed by atoms with van der Waals surface area (Å²) in [6, 6.07) is 8.19. The van der Waals surface area contributed by atoms with Gasteiger partial charge in [-0.1, -0.05) is 12.1 Å². The summed E-state index contributed by atoms with van der Waals surface area (Å²) in [7, 11) is 0. The topological polar surface area (TPSA) is 67.2 Å². The SMILES string of the molecule is CC(=O)Nc1cccc(C(C)NCCCCN)c1. The molecule has 0 saturated carbocycles. The number of carbonyl (C=O) groups is 1. The lowest BCUT2D eigenvalue weighted by molar-refractivity contribution is -0.114. The Bertz CT molecular complexity index is 379. The van der Waals surface area contributed by atoms with Crippen molar-refractivity contribution in [2.45, 2.75) is 32.7 Å². The standard InChI is InChI=1S/C14H23N3O/c1-11(16-9-4-3-8-15)13-6-5-7-14(10-13)17-12(2)18/h5-7,10-11,16H,3-4,8-9,15H2,1-2H3,(H,17,18). The van der Waals surface area contributed by atoms with Gasteiger partial charge in [-0.2, -0.15) is 0 Å². The Kier molecular flexibility index (Phi) is 6.39. The van der Waals surface area contributed by atoms with Gasteiger partial charge in [0.1, 0.15) is 0 Å². The van der Waals surface area contributed by atoms with E-state index in [1.807, 2.05) is 18.2 Å². The predicted octanol–water partition coefficient (Wildman–Crippen LogP) is 2.03. The van der Waals surface area contributed by atoms with Crippen LogP contribution >= 0.6 is 0 Å². The molecule has 1 atom stereocenters. The highest BCUT2D eigenvalue weighted by molar-refractivity contribution is 5.88. The lowest BCUT2D eigenvalue weighted by Gasteiger charge is -2.15. The van der Waals surface area contributed by atoms with E-state index in [1.165, 1.54) is 12.5 Å². The van der Waals surface area contributed by atoms with Gasteiger partial charge in [-0.3, -0.25) is 4.79 Å². The van der Waals surface area contributed by atoms with Crippen LogP contribution in [0.5, 0.6) is 0 Å². The molecule has 1 amide bonds. The van der Waals surface area contributed by atoms with Crippen LogP contribution in [0.15, 0.2) is 24.3 Å². The summed E-state index contributed by atoms with van der Waals surface area (Å²) in [5.41, 5.74) is 7.47. The number of anilines is 1. The molecule has 1 unspecified atom stereocenters. The van der Waals surface area contributed by atoms with Crippen LogP contribution in [0.2, 0.25) is 0 Å². The van der Waals surface area contributed by atoms with Crippen LogP contribution in [0.1, 0.15) is 38.3 Å². The molecule has 0 aliphatic rings. The number of benzene rings is 1. The Hall–Kier alpha value is -1.39. The van der Waals surface area contributed by atoms with Crippen LogP contribution in [0.4, 0.5) is 5.69 Å². The molecule has 18 heavy (non-hydrogen) atoms. The molecule has 0 saturated heterocycles. The maximum atomic E-state index is 11.0. The van der Waals surface area contributed by atoms with Gasteiger partial charge in [0.2, 0.25) is 5.91 Å². The highest BCUT2D eigenvalue weighted by Crippen LogP contribution is 2.17. The Labute approximate surface area is 109 Å². The van der Waals surface area contributed by atoms with Crippen LogP contribution < -0.4 is 16.4 Å². The molecule has 0 spiro atoms. The van der Waals surface area contributed by atoms with Gasteiger partial charge in [-0.05, 0) is 50.6 Å². The zero-order chi connectivity index (χ0) is 13.4. The minimum atomic E-state index is -0.0456. The van der Waals surface area contributed by atoms with Crippen molar-refractivity contribution in [2.24, 2.45) is 5.73 Å². The van der Waals surface area contributed by atoms with Gasteiger partial charge in [-0.15, -0.1) is 0 Å². The third-order valence-corrected chi connectivity index (χ3v) is 2.79. The fraction of sp³-hybridized carbons (Fsp3) is 0.500. The Morgan fingerprint density at radius 3 is 2.83 bits per heavy atom. The monoisotopic (exact) mass is 249 g/mol. The van der Waals surface area contributed by atoms with Gasteiger partial charge in [0, 0.05) is 18.7 Å². The first kappa shape index (κ1) is 14.7. The minimum absolute atomic E-state index is 0.0456. The maximum absolute atomic E-state index is 11.0. The second-order valence-electron chi connectivity index (χ2n) is 4.48. The zero-order valence-electron chi connectivity index (χ0n) is 11.2. The van der Waals surface area contributed by atoms with Crippen molar-refractivity contribution in [3.8, 4) is 0 Å². The van der Waals surface area contributed by atoms with Crippen molar-refractivity contribution in [1.82, 2.24) is 5.32 Å². The molecule has 1 aromatic carbocycles. The first-order chi connectivity index (χ1) is 8.63. The molecule has 0 bridgehead atoms. The largest absolute Gasteiger partial charge is 0.330 e. The number of amides is 1. The average molecular weight is 249 g/mol. The van der Waals surface area contributed by atoms with Gasteiger partial charge in [-0.25, -0.2) is 0 Å². The second kappa shape index (κ2) is 7.84. The lowest BCUT2D eigenvalue weighted by Crippen LogP contribution is -2.20. The number of carbonyl (C=O) groups excluding carboxylic acids is 1. The molecule has 0 aromatic heterocycles. The molecule has 1 aromatic rings. The van der Waals surface area contributed by atoms with E-state index in [0.29, 0.717) is 0 Å². The molecule has 0 aliphatic carbocycles. The highest BCUT2D eigenvalue weighted by atomic mass is 16.1. The Balaban J connectivity index is 2.51. The van der Waals surface area contributed by atoms with Crippen molar-refractivity contribution in [1.29, 1.82) is 0 Å². The summed E-state index contributed by atoms with van der Waals surface area (Å²) in [5, 5.41) is 6.24. The molecule has 0 fully saturated rings. The van der Waals surface area contributed by atoms with Gasteiger partial charge in [0.15, 0.2) is 0 Å². The average Bonchev–Trinajstić information content (AvgIpc) is 2.34. The number of nitrogens with two attached hydrogens (primary N) is 1. The first-order valence-corrected chi connectivity index (χ1v) is 6.44. The van der Waals surface area contributed by atoms with Crippen molar-refractivity contribution in [3.63, 3.8) is 0 Å². The summed E-state index contributed by atoms with van der Waals surface area (Å²) in [6.45, 7) is 5.34. The maximum Gasteiger partial charge on any atom is 0.221 e. The van der Waals surface area contributed by atoms with Crippen molar-refractivity contribution >= 4 is 11.6 Å². The summed E-state index contributed by atoms with van der Waals surface area (Å²) in [6.07, 6.45) is 2.14. The van der Waals surface area contributed by atoms with Crippen LogP contribution in [-0.4, -0.2) is 19.0 Å². The van der Waals surface area contributed by atoms with Crippen LogP contribution in [0.25, 0.3) is 0 Å². The first-order valence-electron chi connectivity index (χ1n) is 6.44. The predicted molar refractivity (Wildman–Crippen MR) is 75.5 cm³/mol. The summed E-state index contributed by atoms with van der Waals surface area (Å²) < 4.78 is 0. The third kappa shape index (κ3) is 5.29. The van der Waals surface area contributed by atoms with Gasteiger partial charge >= 0.3 is 0 Å². The summed E-state index contributed by atoms with van der Waals surface area (Å²) in [4.78, 5) is 11.0. The van der Waals surface area contributed by atoms with Crippen molar-refractivity contribution in [3.05, 3.63) is 29.8 Å². The van der Waals surface area contributed by atoms with E-state index in [-0.39, 0.29) is 11.9 Å². The van der Waals surface area contributed by atoms with E-state index in [4.69, 9.17) is 5.73 Å². The molecular weight excluding hydrogens is 226 g/mol. The molecule has 0 heterocycles. The fourth-order valence-electron chi connectivity index (χ4n) is 1.79. The second-order valence-corrected chi connectivity index (χ2v) is 4.48. The van der Waals surface area contributed by atoms with Crippen molar-refractivity contribution < 1.29 is 4.79 Å². The Morgan fingerprint density at radius 2 is 2.17 bits per heavy atom. The van der Waals surface area contributed by atoms with E-state index in [2.05, 4.69) is 23.6 Å². The van der Waals surface area contributed by atoms with Crippen LogP contribution in [0, 0.1) is 0 Å². The van der Waals surface area contributed by atoms with Crippen molar-refractivity contribution in [2.75, 3.05) is 18.4 Å². The van der Waals surface area contributed by atoms with Crippen LogP contribution in [-0.2, 0) is 4.79 Å². The molecular formula is C14H23N3O. The molecule has 4 N–H and O–H groups in total. The highest BCUT2D eigenvalue weighted by Gasteiger charge is 2.05. The molecule has 100 valence electrons. The van der Waals surface area contributed by atoms with E-state index in [1.54, 1.807) is 0 Å². The van der Waals surface area contributed by atoms with E-state index in [9.17, 15) is 4.79 Å². The number of nitrogens with one attached hydrogen (secondary N) is 2. The fourth-order valence-corrected chi connectivity index (χ4v) is 1.79. The quantitative estimate of drug-likeness (QED) is 0.648. The molecule has 0 aliphatic heterocycles. The molecule has 1 rings (SSSR count). The summed E-state index contributed by atoms with van der Waals surface area (Å²) >= 11 is 0. The number of hydrogen-bond donors (Lipinski definition) is 3. The zero-order valence-corrected chi connectivity index (χ0v) is 11.2. The molecule has 4 nitrogen and oxygen atoms in total. The third-order valence-electron chi connectivity index (χ3n) is 2.79. The number of hydrogen-bond acceptors (Lipinski definition) is 3. The van der Waals surface area contributed by atoms with Gasteiger partial charge in [0.05, 0.1) is 0 Å². The molecule has 0 radical (unpaired) electrons. The number of rotatable bonds is 7. The summed E-state index contributed by atoms with van der Waals surface area (Å²) in [5.74, 6) is -0.0456. The minimum Gasteiger partial charge on any atom is -0.330 e. The number of unbranched alkanes of at least 4 members (excludes halogenated alkanes) is 1. The smallest absolute Gasteiger partial charge is 0.221 e. The Morgan fingerprint density at radius 1 is 1.39 bits per heavy atom. The molecule has 4 heteroatoms. The van der Waals surface area contributed by atoms with Gasteiger partial charge in [0.25, 0.3) is 0 Å². The van der Waals surface area contributed by atoms with E-state index >= 15 is 0 Å². The van der Waals surface area contributed by atoms with E-state index in [0.717, 1.165) is 31.6 Å².